The molecule has 5 heteroatoms. The number of rotatable bonds is 8. The maximum atomic E-state index is 13.8. The van der Waals surface area contributed by atoms with Gasteiger partial charge in [-0.1, -0.05) is 113 Å². The molecule has 4 rings (SSSR count). The summed E-state index contributed by atoms with van der Waals surface area (Å²) in [4.78, 5) is 15.7. The maximum absolute atomic E-state index is 13.8. The van der Waals surface area contributed by atoms with E-state index in [9.17, 15) is 4.79 Å². The van der Waals surface area contributed by atoms with Crippen molar-refractivity contribution in [3.63, 3.8) is 0 Å². The number of carbonyl (C=O) groups is 1. The maximum Gasteiger partial charge on any atom is 0.261 e. The lowest BCUT2D eigenvalue weighted by atomic mass is 10.0. The van der Waals surface area contributed by atoms with E-state index in [4.69, 9.17) is 9.16 Å². The van der Waals surface area contributed by atoms with E-state index in [2.05, 4.69) is 82.8 Å². The van der Waals surface area contributed by atoms with Gasteiger partial charge in [-0.2, -0.15) is 0 Å². The molecule has 3 atom stereocenters. The Morgan fingerprint density at radius 2 is 1.54 bits per heavy atom. The number of amides is 1. The van der Waals surface area contributed by atoms with E-state index in [1.165, 1.54) is 10.4 Å². The highest BCUT2D eigenvalue weighted by Gasteiger charge is 2.52. The van der Waals surface area contributed by atoms with Gasteiger partial charge in [-0.3, -0.25) is 9.69 Å². The molecule has 1 heterocycles. The van der Waals surface area contributed by atoms with Crippen molar-refractivity contribution in [2.45, 2.75) is 65.0 Å². The molecule has 0 saturated carbocycles. The lowest BCUT2D eigenvalue weighted by Crippen LogP contribution is -2.69. The lowest BCUT2D eigenvalue weighted by molar-refractivity contribution is -0.128. The number of anilines is 1. The van der Waals surface area contributed by atoms with Gasteiger partial charge in [0.2, 0.25) is 5.91 Å². The summed E-state index contributed by atoms with van der Waals surface area (Å²) in [5.41, 5.74) is 1.91. The second kappa shape index (κ2) is 11.2. The monoisotopic (exact) mass is 513 g/mol. The van der Waals surface area contributed by atoms with Crippen molar-refractivity contribution in [1.82, 2.24) is 0 Å². The third kappa shape index (κ3) is 5.22. The van der Waals surface area contributed by atoms with Crippen molar-refractivity contribution in [1.29, 1.82) is 0 Å². The molecule has 3 aromatic rings. The lowest BCUT2D eigenvalue weighted by Gasteiger charge is -2.48. The van der Waals surface area contributed by atoms with Crippen LogP contribution in [0.3, 0.4) is 0 Å². The third-order valence-corrected chi connectivity index (χ3v) is 12.4. The normalized spacial score (nSPS) is 17.5. The number of nitrogens with zero attached hydrogens (tertiary/aromatic N) is 1. The van der Waals surface area contributed by atoms with E-state index in [0.29, 0.717) is 13.0 Å². The number of fused-ring (bicyclic) bond motifs is 1. The predicted octanol–water partition coefficient (Wildman–Crippen LogP) is 6.05. The van der Waals surface area contributed by atoms with Crippen molar-refractivity contribution in [3.8, 4) is 0 Å². The van der Waals surface area contributed by atoms with Gasteiger partial charge < -0.3 is 9.16 Å². The smallest absolute Gasteiger partial charge is 0.261 e. The minimum absolute atomic E-state index is 0.0231. The Kier molecular flexibility index (Phi) is 8.17. The van der Waals surface area contributed by atoms with Gasteiger partial charge in [-0.05, 0) is 34.8 Å². The summed E-state index contributed by atoms with van der Waals surface area (Å²) in [6.07, 6.45) is 1.49. The van der Waals surface area contributed by atoms with Gasteiger partial charge in [0.25, 0.3) is 8.32 Å². The van der Waals surface area contributed by atoms with Gasteiger partial charge in [0.15, 0.2) is 6.23 Å². The molecule has 0 aliphatic carbocycles. The Hall–Kier alpha value is -2.99. The summed E-state index contributed by atoms with van der Waals surface area (Å²) >= 11 is 0. The number of carbonyl (C=O) groups excluding carboxylic acids is 1. The Bertz CT molecular complexity index is 1170. The number of ether oxygens (including phenoxy) is 1. The fourth-order valence-electron chi connectivity index (χ4n) is 5.46. The van der Waals surface area contributed by atoms with E-state index in [-0.39, 0.29) is 23.0 Å². The van der Waals surface area contributed by atoms with Crippen LogP contribution in [0.15, 0.2) is 97.6 Å². The zero-order chi connectivity index (χ0) is 26.6. The molecule has 1 aliphatic rings. The van der Waals surface area contributed by atoms with Crippen LogP contribution in [-0.2, 0) is 20.6 Å². The first-order valence-electron chi connectivity index (χ1n) is 13.1. The van der Waals surface area contributed by atoms with E-state index in [0.717, 1.165) is 11.3 Å². The van der Waals surface area contributed by atoms with Crippen molar-refractivity contribution < 1.29 is 14.0 Å². The largest absolute Gasteiger partial charge is 0.400 e. The fraction of sp³-hybridized carbons (Fsp3) is 0.344. The molecule has 0 radical (unpaired) electrons. The van der Waals surface area contributed by atoms with E-state index < -0.39 is 14.5 Å². The highest BCUT2D eigenvalue weighted by molar-refractivity contribution is 6.99. The van der Waals surface area contributed by atoms with E-state index >= 15 is 0 Å². The molecule has 0 saturated heterocycles. The number of hydrogen-bond acceptors (Lipinski definition) is 3. The third-order valence-electron chi connectivity index (χ3n) is 7.28. The van der Waals surface area contributed by atoms with Gasteiger partial charge in [-0.15, -0.1) is 6.58 Å². The first-order chi connectivity index (χ1) is 17.7. The molecule has 0 fully saturated rings. The van der Waals surface area contributed by atoms with Crippen LogP contribution in [0.1, 0.15) is 46.6 Å². The van der Waals surface area contributed by atoms with Gasteiger partial charge >= 0.3 is 0 Å². The first-order valence-corrected chi connectivity index (χ1v) is 15.0. The second-order valence-electron chi connectivity index (χ2n) is 11.0. The van der Waals surface area contributed by atoms with Crippen molar-refractivity contribution >= 4 is 30.3 Å². The Balaban J connectivity index is 1.81. The van der Waals surface area contributed by atoms with Crippen LogP contribution in [-0.4, -0.2) is 26.6 Å². The molecule has 0 aromatic heterocycles. The Morgan fingerprint density at radius 3 is 2.08 bits per heavy atom. The van der Waals surface area contributed by atoms with Crippen LogP contribution >= 0.6 is 0 Å². The van der Waals surface area contributed by atoms with Crippen LogP contribution in [0, 0.1) is 5.92 Å². The molecule has 0 spiro atoms. The molecule has 4 nitrogen and oxygen atoms in total. The molecule has 194 valence electrons. The molecule has 1 aliphatic heterocycles. The second-order valence-corrected chi connectivity index (χ2v) is 15.2. The number of allylic oxidation sites excluding steroid dienone is 1. The standard InChI is InChI=1S/C32H39NO3Si/c1-7-16-24(2)30(34)33-29-22-15-14-17-26(29)23-35-31(33)25(3)36-37(32(4,5)6,27-18-10-8-11-19-27)28-20-12-9-13-21-28/h7-15,17-22,24-25,31H,1,16,23H2,2-6H3/t24-,25+,31+/m1/s1. The van der Waals surface area contributed by atoms with E-state index in [1.54, 1.807) is 6.08 Å². The zero-order valence-electron chi connectivity index (χ0n) is 22.7. The van der Waals surface area contributed by atoms with Crippen LogP contribution in [0.4, 0.5) is 5.69 Å². The van der Waals surface area contributed by atoms with Gasteiger partial charge in [0, 0.05) is 11.5 Å². The van der Waals surface area contributed by atoms with Crippen molar-refractivity contribution in [2.75, 3.05) is 4.90 Å². The van der Waals surface area contributed by atoms with Crippen molar-refractivity contribution in [2.24, 2.45) is 5.92 Å². The average molecular weight is 514 g/mol. The van der Waals surface area contributed by atoms with Crippen LogP contribution in [0.25, 0.3) is 0 Å². The van der Waals surface area contributed by atoms with Crippen LogP contribution < -0.4 is 15.3 Å². The summed E-state index contributed by atoms with van der Waals surface area (Å²) in [5, 5.41) is 2.23. The van der Waals surface area contributed by atoms with E-state index in [1.807, 2.05) is 48.2 Å². The molecule has 0 bridgehead atoms. The fourth-order valence-corrected chi connectivity index (χ4v) is 10.1. The molecular weight excluding hydrogens is 474 g/mol. The van der Waals surface area contributed by atoms with Gasteiger partial charge in [0.05, 0.1) is 18.4 Å². The molecule has 0 N–H and O–H groups in total. The minimum atomic E-state index is -2.83. The SMILES string of the molecule is C=CC[C@@H](C)C(=O)N1c2ccccc2CO[C@H]1[C@H](C)O[Si](c1ccccc1)(c1ccccc1)C(C)(C)C. The summed E-state index contributed by atoms with van der Waals surface area (Å²) in [7, 11) is -2.83. The van der Waals surface area contributed by atoms with Crippen molar-refractivity contribution in [3.05, 3.63) is 103 Å². The molecule has 37 heavy (non-hydrogen) atoms. The summed E-state index contributed by atoms with van der Waals surface area (Å²) in [6.45, 7) is 15.1. The first kappa shape index (κ1) is 27.1. The molecule has 1 amide bonds. The summed E-state index contributed by atoms with van der Waals surface area (Å²) in [5.74, 6) is -0.190. The average Bonchev–Trinajstić information content (AvgIpc) is 2.91. The minimum Gasteiger partial charge on any atom is -0.400 e. The Morgan fingerprint density at radius 1 is 1.00 bits per heavy atom. The molecule has 3 aromatic carbocycles. The number of hydrogen-bond donors (Lipinski definition) is 0. The highest BCUT2D eigenvalue weighted by atomic mass is 28.4. The zero-order valence-corrected chi connectivity index (χ0v) is 23.7. The molecular formula is C32H39NO3Si. The Labute approximate surface area is 223 Å². The molecule has 0 unspecified atom stereocenters. The van der Waals surface area contributed by atoms with Gasteiger partial charge in [-0.25, -0.2) is 0 Å². The summed E-state index contributed by atoms with van der Waals surface area (Å²) in [6, 6.07) is 29.2. The van der Waals surface area contributed by atoms with Crippen LogP contribution in [0.2, 0.25) is 5.04 Å². The van der Waals surface area contributed by atoms with Gasteiger partial charge in [0.1, 0.15) is 0 Å². The van der Waals surface area contributed by atoms with Crippen LogP contribution in [0.5, 0.6) is 0 Å². The quantitative estimate of drug-likeness (QED) is 0.272. The topological polar surface area (TPSA) is 38.8 Å². The number of para-hydroxylation sites is 1. The summed E-state index contributed by atoms with van der Waals surface area (Å²) < 4.78 is 13.8. The highest BCUT2D eigenvalue weighted by Crippen LogP contribution is 2.40. The predicted molar refractivity (Wildman–Crippen MR) is 155 cm³/mol. The number of benzene rings is 3.